The predicted molar refractivity (Wildman–Crippen MR) is 69.3 cm³/mol. The highest BCUT2D eigenvalue weighted by molar-refractivity contribution is 5.30. The van der Waals surface area contributed by atoms with E-state index in [9.17, 15) is 0 Å². The second-order valence-electron chi connectivity index (χ2n) is 4.61. The molecule has 0 bridgehead atoms. The van der Waals surface area contributed by atoms with Gasteiger partial charge in [0.1, 0.15) is 5.75 Å². The summed E-state index contributed by atoms with van der Waals surface area (Å²) in [6.45, 7) is 0.867. The van der Waals surface area contributed by atoms with Crippen LogP contribution in [0.25, 0.3) is 0 Å². The van der Waals surface area contributed by atoms with Crippen molar-refractivity contribution in [2.45, 2.75) is 38.0 Å². The molecule has 0 spiro atoms. The molecule has 0 aromatic heterocycles. The summed E-state index contributed by atoms with van der Waals surface area (Å²) in [6.07, 6.45) is 3.62. The van der Waals surface area contributed by atoms with Gasteiger partial charge in [-0.1, -0.05) is 12.1 Å². The molecule has 1 aromatic carbocycles. The van der Waals surface area contributed by atoms with Crippen molar-refractivity contribution >= 4 is 0 Å². The van der Waals surface area contributed by atoms with Crippen LogP contribution in [0, 0.1) is 0 Å². The van der Waals surface area contributed by atoms with Crippen molar-refractivity contribution in [1.82, 2.24) is 0 Å². The zero-order chi connectivity index (χ0) is 12.8. The van der Waals surface area contributed by atoms with Gasteiger partial charge in [0, 0.05) is 19.1 Å². The quantitative estimate of drug-likeness (QED) is 0.839. The van der Waals surface area contributed by atoms with E-state index < -0.39 is 0 Å². The molecule has 1 aliphatic rings. The van der Waals surface area contributed by atoms with E-state index in [2.05, 4.69) is 0 Å². The SMILES string of the molecule is NC(CCO)c1cccc(OC2CCCCO2)c1. The van der Waals surface area contributed by atoms with Gasteiger partial charge in [-0.15, -0.1) is 0 Å². The van der Waals surface area contributed by atoms with Crippen LogP contribution in [-0.4, -0.2) is 24.6 Å². The molecule has 2 rings (SSSR count). The fourth-order valence-corrected chi connectivity index (χ4v) is 2.08. The topological polar surface area (TPSA) is 64.7 Å². The molecule has 0 aliphatic carbocycles. The zero-order valence-electron chi connectivity index (χ0n) is 10.5. The summed E-state index contributed by atoms with van der Waals surface area (Å²) in [5, 5.41) is 8.90. The molecule has 1 saturated heterocycles. The van der Waals surface area contributed by atoms with Gasteiger partial charge in [0.25, 0.3) is 0 Å². The zero-order valence-corrected chi connectivity index (χ0v) is 10.5. The number of benzene rings is 1. The molecule has 1 fully saturated rings. The third-order valence-electron chi connectivity index (χ3n) is 3.13. The molecule has 3 N–H and O–H groups in total. The van der Waals surface area contributed by atoms with Crippen molar-refractivity contribution in [3.8, 4) is 5.75 Å². The Bertz CT molecular complexity index is 364. The lowest BCUT2D eigenvalue weighted by molar-refractivity contribution is -0.105. The molecule has 4 heteroatoms. The summed E-state index contributed by atoms with van der Waals surface area (Å²) in [7, 11) is 0. The van der Waals surface area contributed by atoms with Crippen molar-refractivity contribution in [3.05, 3.63) is 29.8 Å². The largest absolute Gasteiger partial charge is 0.465 e. The van der Waals surface area contributed by atoms with Crippen molar-refractivity contribution < 1.29 is 14.6 Å². The first-order chi connectivity index (χ1) is 8.79. The van der Waals surface area contributed by atoms with Crippen molar-refractivity contribution in [2.75, 3.05) is 13.2 Å². The van der Waals surface area contributed by atoms with E-state index in [0.717, 1.165) is 37.2 Å². The van der Waals surface area contributed by atoms with Crippen LogP contribution in [0.15, 0.2) is 24.3 Å². The first kappa shape index (κ1) is 13.3. The molecule has 1 heterocycles. The average molecular weight is 251 g/mol. The fraction of sp³-hybridized carbons (Fsp3) is 0.571. The first-order valence-electron chi connectivity index (χ1n) is 6.54. The molecule has 2 atom stereocenters. The Balaban J connectivity index is 1.97. The second kappa shape index (κ2) is 6.73. The third-order valence-corrected chi connectivity index (χ3v) is 3.13. The number of aliphatic hydroxyl groups is 1. The van der Waals surface area contributed by atoms with Crippen LogP contribution in [0.5, 0.6) is 5.75 Å². The van der Waals surface area contributed by atoms with Crippen LogP contribution in [0.1, 0.15) is 37.3 Å². The van der Waals surface area contributed by atoms with Crippen molar-refractivity contribution in [2.24, 2.45) is 5.73 Å². The molecule has 4 nitrogen and oxygen atoms in total. The Labute approximate surface area is 108 Å². The Morgan fingerprint density at radius 1 is 1.44 bits per heavy atom. The van der Waals surface area contributed by atoms with E-state index in [0.29, 0.717) is 6.42 Å². The van der Waals surface area contributed by atoms with E-state index in [1.807, 2.05) is 24.3 Å². The van der Waals surface area contributed by atoms with Gasteiger partial charge in [0.05, 0.1) is 6.61 Å². The van der Waals surface area contributed by atoms with E-state index in [1.165, 1.54) is 0 Å². The Hall–Kier alpha value is -1.10. The lowest BCUT2D eigenvalue weighted by Crippen LogP contribution is -2.25. The van der Waals surface area contributed by atoms with Gasteiger partial charge >= 0.3 is 0 Å². The maximum absolute atomic E-state index is 8.90. The van der Waals surface area contributed by atoms with Crippen LogP contribution < -0.4 is 10.5 Å². The second-order valence-corrected chi connectivity index (χ2v) is 4.61. The van der Waals surface area contributed by atoms with Crippen LogP contribution in [0.2, 0.25) is 0 Å². The molecule has 2 unspecified atom stereocenters. The van der Waals surface area contributed by atoms with Crippen LogP contribution in [0.3, 0.4) is 0 Å². The number of hydrogen-bond donors (Lipinski definition) is 2. The monoisotopic (exact) mass is 251 g/mol. The minimum absolute atomic E-state index is 0.0952. The summed E-state index contributed by atoms with van der Waals surface area (Å²) in [4.78, 5) is 0. The van der Waals surface area contributed by atoms with Gasteiger partial charge in [-0.3, -0.25) is 0 Å². The third kappa shape index (κ3) is 3.70. The summed E-state index contributed by atoms with van der Waals surface area (Å²) in [6, 6.07) is 7.57. The summed E-state index contributed by atoms with van der Waals surface area (Å²) in [5.74, 6) is 0.785. The highest BCUT2D eigenvalue weighted by Crippen LogP contribution is 2.23. The molecule has 100 valence electrons. The maximum Gasteiger partial charge on any atom is 0.199 e. The van der Waals surface area contributed by atoms with Crippen LogP contribution >= 0.6 is 0 Å². The van der Waals surface area contributed by atoms with Crippen molar-refractivity contribution in [3.63, 3.8) is 0 Å². The molecule has 18 heavy (non-hydrogen) atoms. The summed E-state index contributed by atoms with van der Waals surface area (Å²) >= 11 is 0. The molecule has 0 saturated carbocycles. The Morgan fingerprint density at radius 2 is 2.33 bits per heavy atom. The number of hydrogen-bond acceptors (Lipinski definition) is 4. The number of aliphatic hydroxyl groups excluding tert-OH is 1. The molecule has 1 aliphatic heterocycles. The normalized spacial score (nSPS) is 21.6. The van der Waals surface area contributed by atoms with Crippen molar-refractivity contribution in [1.29, 1.82) is 0 Å². The Morgan fingerprint density at radius 3 is 3.06 bits per heavy atom. The number of nitrogens with two attached hydrogens (primary N) is 1. The van der Waals surface area contributed by atoms with Gasteiger partial charge in [-0.05, 0) is 37.0 Å². The molecular formula is C14H21NO3. The smallest absolute Gasteiger partial charge is 0.199 e. The maximum atomic E-state index is 8.90. The lowest BCUT2D eigenvalue weighted by Gasteiger charge is -2.24. The van der Waals surface area contributed by atoms with Gasteiger partial charge in [-0.25, -0.2) is 0 Å². The number of rotatable bonds is 5. The average Bonchev–Trinajstić information content (AvgIpc) is 2.40. The van der Waals surface area contributed by atoms with E-state index in [1.54, 1.807) is 0 Å². The molecule has 0 amide bonds. The highest BCUT2D eigenvalue weighted by Gasteiger charge is 2.15. The molecule has 0 radical (unpaired) electrons. The van der Waals surface area contributed by atoms with Crippen LogP contribution in [0.4, 0.5) is 0 Å². The number of ether oxygens (including phenoxy) is 2. The highest BCUT2D eigenvalue weighted by atomic mass is 16.7. The lowest BCUT2D eigenvalue weighted by atomic mass is 10.1. The first-order valence-corrected chi connectivity index (χ1v) is 6.54. The van der Waals surface area contributed by atoms with Gasteiger partial charge in [0.2, 0.25) is 0 Å². The molecular weight excluding hydrogens is 230 g/mol. The van der Waals surface area contributed by atoms with E-state index in [4.69, 9.17) is 20.3 Å². The van der Waals surface area contributed by atoms with Crippen LogP contribution in [-0.2, 0) is 4.74 Å². The van der Waals surface area contributed by atoms with E-state index >= 15 is 0 Å². The van der Waals surface area contributed by atoms with Gasteiger partial charge in [-0.2, -0.15) is 0 Å². The fourth-order valence-electron chi connectivity index (χ4n) is 2.08. The van der Waals surface area contributed by atoms with Gasteiger partial charge in [0.15, 0.2) is 6.29 Å². The summed E-state index contributed by atoms with van der Waals surface area (Å²) in [5.41, 5.74) is 6.94. The summed E-state index contributed by atoms with van der Waals surface area (Å²) < 4.78 is 11.3. The Kier molecular flexibility index (Phi) is 4.99. The minimum atomic E-state index is -0.147. The predicted octanol–water partition coefficient (Wildman–Crippen LogP) is 1.97. The van der Waals surface area contributed by atoms with Gasteiger partial charge < -0.3 is 20.3 Å². The van der Waals surface area contributed by atoms with E-state index in [-0.39, 0.29) is 18.9 Å². The standard InChI is InChI=1S/C14H21NO3/c15-13(7-8-16)11-4-3-5-12(10-11)18-14-6-1-2-9-17-14/h3-5,10,13-14,16H,1-2,6-9,15H2. The minimum Gasteiger partial charge on any atom is -0.465 e. The molecule has 1 aromatic rings.